The van der Waals surface area contributed by atoms with Crippen molar-refractivity contribution in [2.24, 2.45) is 0 Å². The van der Waals surface area contributed by atoms with Gasteiger partial charge in [0.25, 0.3) is 11.8 Å². The summed E-state index contributed by atoms with van der Waals surface area (Å²) in [5, 5.41) is 0. The molecule has 0 aromatic heterocycles. The molecule has 31 heavy (non-hydrogen) atoms. The smallest absolute Gasteiger partial charge is 0.354 e. The minimum absolute atomic E-state index is 0.0516. The Kier molecular flexibility index (Phi) is 6.11. The Labute approximate surface area is 183 Å². The van der Waals surface area contributed by atoms with Crippen LogP contribution in [0.25, 0.3) is 0 Å². The molecule has 1 saturated heterocycles. The van der Waals surface area contributed by atoms with Crippen LogP contribution in [-0.2, 0) is 19.1 Å². The van der Waals surface area contributed by atoms with Gasteiger partial charge in [0, 0.05) is 31.0 Å². The van der Waals surface area contributed by atoms with Crippen LogP contribution in [0.3, 0.4) is 0 Å². The standard InChI is InChI=1S/C23H31N3O5/c1-14(2)24(15(3)4)20(28)13-31-22(30)23-12-11-19(27)26(23)18-10-8-7-9-17(18)21(29)25(23)16(5)6/h7-10,14-16H,11-13H2,1-6H3/t23-/m0/s1. The SMILES string of the molecule is CC(C)N(C(=O)COC(=O)[C@]12CCC(=O)N1c1ccccc1C(=O)N2C(C)C)C(C)C. The molecular weight excluding hydrogens is 398 g/mol. The Morgan fingerprint density at radius 3 is 2.26 bits per heavy atom. The highest BCUT2D eigenvalue weighted by Crippen LogP contribution is 2.45. The average Bonchev–Trinajstić information content (AvgIpc) is 3.03. The van der Waals surface area contributed by atoms with Crippen LogP contribution in [0.15, 0.2) is 24.3 Å². The highest BCUT2D eigenvalue weighted by Gasteiger charge is 2.62. The molecule has 168 valence electrons. The highest BCUT2D eigenvalue weighted by molar-refractivity contribution is 6.15. The lowest BCUT2D eigenvalue weighted by Crippen LogP contribution is -2.70. The maximum Gasteiger partial charge on any atom is 0.354 e. The first-order valence-electron chi connectivity index (χ1n) is 10.8. The molecule has 1 aromatic carbocycles. The van der Waals surface area contributed by atoms with Gasteiger partial charge in [0.1, 0.15) is 0 Å². The van der Waals surface area contributed by atoms with Gasteiger partial charge in [0.15, 0.2) is 6.61 Å². The number of amides is 3. The first-order chi connectivity index (χ1) is 14.5. The van der Waals surface area contributed by atoms with Crippen LogP contribution >= 0.6 is 0 Å². The monoisotopic (exact) mass is 429 g/mol. The van der Waals surface area contributed by atoms with Gasteiger partial charge in [-0.3, -0.25) is 19.3 Å². The van der Waals surface area contributed by atoms with Gasteiger partial charge in [0.2, 0.25) is 11.6 Å². The number of esters is 1. The van der Waals surface area contributed by atoms with Crippen molar-refractivity contribution in [2.75, 3.05) is 11.5 Å². The first-order valence-corrected chi connectivity index (χ1v) is 10.8. The number of rotatable bonds is 6. The molecule has 8 heteroatoms. The minimum atomic E-state index is -1.59. The zero-order valence-corrected chi connectivity index (χ0v) is 19.0. The zero-order valence-electron chi connectivity index (χ0n) is 19.0. The molecule has 1 fully saturated rings. The van der Waals surface area contributed by atoms with Gasteiger partial charge in [0.05, 0.1) is 11.3 Å². The molecule has 2 aliphatic heterocycles. The van der Waals surface area contributed by atoms with E-state index in [2.05, 4.69) is 0 Å². The van der Waals surface area contributed by atoms with Crippen molar-refractivity contribution >= 4 is 29.4 Å². The molecule has 2 aliphatic rings. The lowest BCUT2D eigenvalue weighted by atomic mass is 9.95. The summed E-state index contributed by atoms with van der Waals surface area (Å²) in [6.07, 6.45) is 0.229. The van der Waals surface area contributed by atoms with Crippen LogP contribution in [0.4, 0.5) is 5.69 Å². The lowest BCUT2D eigenvalue weighted by Gasteiger charge is -2.50. The van der Waals surface area contributed by atoms with Crippen LogP contribution in [0, 0.1) is 0 Å². The highest BCUT2D eigenvalue weighted by atomic mass is 16.5. The predicted molar refractivity (Wildman–Crippen MR) is 115 cm³/mol. The summed E-state index contributed by atoms with van der Waals surface area (Å²) in [4.78, 5) is 56.9. The largest absolute Gasteiger partial charge is 0.452 e. The predicted octanol–water partition coefficient (Wildman–Crippen LogP) is 2.56. The number of anilines is 1. The van der Waals surface area contributed by atoms with E-state index in [1.165, 1.54) is 9.80 Å². The molecule has 3 rings (SSSR count). The fourth-order valence-electron chi connectivity index (χ4n) is 4.86. The second-order valence-electron chi connectivity index (χ2n) is 8.90. The van der Waals surface area contributed by atoms with Crippen LogP contribution in [0.1, 0.15) is 64.7 Å². The summed E-state index contributed by atoms with van der Waals surface area (Å²) < 4.78 is 5.50. The minimum Gasteiger partial charge on any atom is -0.452 e. The number of carbonyl (C=O) groups excluding carboxylic acids is 4. The van der Waals surface area contributed by atoms with E-state index in [-0.39, 0.29) is 48.7 Å². The Hall–Kier alpha value is -2.90. The van der Waals surface area contributed by atoms with Crippen LogP contribution < -0.4 is 4.90 Å². The van der Waals surface area contributed by atoms with Crippen molar-refractivity contribution in [1.29, 1.82) is 0 Å². The second-order valence-corrected chi connectivity index (χ2v) is 8.90. The average molecular weight is 430 g/mol. The number of hydrogen-bond donors (Lipinski definition) is 0. The summed E-state index contributed by atoms with van der Waals surface area (Å²) in [5.74, 6) is -1.65. The Morgan fingerprint density at radius 1 is 1.06 bits per heavy atom. The molecule has 1 atom stereocenters. The normalized spacial score (nSPS) is 20.4. The topological polar surface area (TPSA) is 87.2 Å². The van der Waals surface area contributed by atoms with Crippen molar-refractivity contribution in [3.05, 3.63) is 29.8 Å². The number of nitrogens with zero attached hydrogens (tertiary/aromatic N) is 3. The summed E-state index contributed by atoms with van der Waals surface area (Å²) in [6.45, 7) is 10.7. The van der Waals surface area contributed by atoms with Crippen molar-refractivity contribution in [3.63, 3.8) is 0 Å². The molecule has 0 aliphatic carbocycles. The molecule has 0 bridgehead atoms. The quantitative estimate of drug-likeness (QED) is 0.649. The van der Waals surface area contributed by atoms with Crippen LogP contribution in [0.2, 0.25) is 0 Å². The van der Waals surface area contributed by atoms with Crippen LogP contribution in [-0.4, -0.2) is 63.9 Å². The van der Waals surface area contributed by atoms with Gasteiger partial charge < -0.3 is 14.5 Å². The molecule has 1 aromatic rings. The van der Waals surface area contributed by atoms with E-state index in [1.807, 2.05) is 27.7 Å². The molecule has 3 amide bonds. The van der Waals surface area contributed by atoms with Gasteiger partial charge in [-0.25, -0.2) is 4.79 Å². The third-order valence-electron chi connectivity index (χ3n) is 5.87. The number of ether oxygens (including phenoxy) is 1. The third kappa shape index (κ3) is 3.58. The number of benzene rings is 1. The van der Waals surface area contributed by atoms with Gasteiger partial charge in [-0.15, -0.1) is 0 Å². The number of fused-ring (bicyclic) bond motifs is 3. The lowest BCUT2D eigenvalue weighted by molar-refractivity contribution is -0.164. The fraction of sp³-hybridized carbons (Fsp3) is 0.565. The number of hydrogen-bond acceptors (Lipinski definition) is 5. The number of para-hydroxylation sites is 1. The maximum atomic E-state index is 13.5. The molecule has 8 nitrogen and oxygen atoms in total. The van der Waals surface area contributed by atoms with E-state index < -0.39 is 18.2 Å². The van der Waals surface area contributed by atoms with Crippen LogP contribution in [0.5, 0.6) is 0 Å². The zero-order chi connectivity index (χ0) is 23.1. The van der Waals surface area contributed by atoms with Crippen molar-refractivity contribution < 1.29 is 23.9 Å². The van der Waals surface area contributed by atoms with Crippen molar-refractivity contribution in [1.82, 2.24) is 9.80 Å². The molecule has 0 saturated carbocycles. The molecule has 0 radical (unpaired) electrons. The third-order valence-corrected chi connectivity index (χ3v) is 5.87. The van der Waals surface area contributed by atoms with Crippen molar-refractivity contribution in [2.45, 2.75) is 78.2 Å². The molecule has 0 spiro atoms. The molecule has 0 unspecified atom stereocenters. The summed E-state index contributed by atoms with van der Waals surface area (Å²) >= 11 is 0. The van der Waals surface area contributed by atoms with Gasteiger partial charge >= 0.3 is 5.97 Å². The summed E-state index contributed by atoms with van der Waals surface area (Å²) in [6, 6.07) is 6.31. The molecule has 2 heterocycles. The fourth-order valence-corrected chi connectivity index (χ4v) is 4.86. The van der Waals surface area contributed by atoms with E-state index in [1.54, 1.807) is 43.0 Å². The summed E-state index contributed by atoms with van der Waals surface area (Å²) in [7, 11) is 0. The van der Waals surface area contributed by atoms with E-state index in [0.29, 0.717) is 11.3 Å². The number of carbonyl (C=O) groups is 4. The first kappa shape index (κ1) is 22.8. The Balaban J connectivity index is 1.98. The maximum absolute atomic E-state index is 13.5. The van der Waals surface area contributed by atoms with Crippen molar-refractivity contribution in [3.8, 4) is 0 Å². The Bertz CT molecular complexity index is 902. The van der Waals surface area contributed by atoms with E-state index in [0.717, 1.165) is 0 Å². The Morgan fingerprint density at radius 2 is 1.68 bits per heavy atom. The van der Waals surface area contributed by atoms with Gasteiger partial charge in [-0.1, -0.05) is 12.1 Å². The van der Waals surface area contributed by atoms with Gasteiger partial charge in [-0.2, -0.15) is 0 Å². The molecule has 0 N–H and O–H groups in total. The van der Waals surface area contributed by atoms with E-state index in [9.17, 15) is 19.2 Å². The summed E-state index contributed by atoms with van der Waals surface area (Å²) in [5.41, 5.74) is -0.810. The van der Waals surface area contributed by atoms with E-state index in [4.69, 9.17) is 4.74 Å². The molecular formula is C23H31N3O5. The van der Waals surface area contributed by atoms with E-state index >= 15 is 0 Å². The second kappa shape index (κ2) is 8.32. The van der Waals surface area contributed by atoms with Gasteiger partial charge in [-0.05, 0) is 53.7 Å².